The zero-order valence-electron chi connectivity index (χ0n) is 19.5. The molecule has 3 rings (SSSR count). The van der Waals surface area contributed by atoms with Gasteiger partial charge in [-0.1, -0.05) is 0 Å². The van der Waals surface area contributed by atoms with Crippen molar-refractivity contribution in [2.75, 3.05) is 38.8 Å². The summed E-state index contributed by atoms with van der Waals surface area (Å²) in [5, 5.41) is 5.54. The average Bonchev–Trinajstić information content (AvgIpc) is 2.84. The third-order valence-electron chi connectivity index (χ3n) is 5.00. The van der Waals surface area contributed by atoms with E-state index >= 15 is 0 Å². The fourth-order valence-electron chi connectivity index (χ4n) is 3.09. The molecule has 34 heavy (non-hydrogen) atoms. The van der Waals surface area contributed by atoms with Crippen LogP contribution in [-0.2, 0) is 0 Å². The van der Waals surface area contributed by atoms with Crippen LogP contribution in [0.3, 0.4) is 0 Å². The van der Waals surface area contributed by atoms with Crippen LogP contribution in [0.5, 0.6) is 0 Å². The lowest BCUT2D eigenvalue weighted by Crippen LogP contribution is -2.21. The summed E-state index contributed by atoms with van der Waals surface area (Å²) in [5.41, 5.74) is 2.93. The standard InChI is InChI=1S/C26H26N4O4/c1-29(2)25(33)19-9-13-21(14-10-19)27-23(31)17-5-7-18(8-6-17)24(32)28-22-15-11-20(12-16-22)26(34)30(3)4/h5-16H,1-4H3,(H,27,31)(H,28,32). The van der Waals surface area contributed by atoms with Crippen LogP contribution in [0.2, 0.25) is 0 Å². The minimum atomic E-state index is -0.334. The molecule has 0 radical (unpaired) electrons. The second-order valence-electron chi connectivity index (χ2n) is 8.04. The Labute approximate surface area is 198 Å². The fourth-order valence-corrected chi connectivity index (χ4v) is 3.09. The van der Waals surface area contributed by atoms with E-state index in [1.807, 2.05) is 0 Å². The number of anilines is 2. The molecular weight excluding hydrogens is 432 g/mol. The second kappa shape index (κ2) is 10.4. The van der Waals surface area contributed by atoms with Gasteiger partial charge in [-0.25, -0.2) is 0 Å². The highest BCUT2D eigenvalue weighted by Crippen LogP contribution is 2.15. The third-order valence-corrected chi connectivity index (χ3v) is 5.00. The van der Waals surface area contributed by atoms with Gasteiger partial charge in [-0.15, -0.1) is 0 Å². The van der Waals surface area contributed by atoms with E-state index in [1.54, 1.807) is 101 Å². The Morgan fingerprint density at radius 1 is 0.471 bits per heavy atom. The van der Waals surface area contributed by atoms with Crippen molar-refractivity contribution < 1.29 is 19.2 Å². The van der Waals surface area contributed by atoms with Gasteiger partial charge in [0.15, 0.2) is 0 Å². The zero-order chi connectivity index (χ0) is 24.8. The molecule has 8 nitrogen and oxygen atoms in total. The Bertz CT molecular complexity index is 1100. The number of carbonyl (C=O) groups is 4. The molecule has 0 aliphatic rings. The summed E-state index contributed by atoms with van der Waals surface area (Å²) in [6, 6.07) is 19.5. The van der Waals surface area contributed by atoms with Gasteiger partial charge in [0.25, 0.3) is 23.6 Å². The van der Waals surface area contributed by atoms with Gasteiger partial charge in [-0.05, 0) is 72.8 Å². The molecule has 0 aliphatic heterocycles. The maximum absolute atomic E-state index is 12.5. The maximum atomic E-state index is 12.5. The highest BCUT2D eigenvalue weighted by atomic mass is 16.2. The number of nitrogens with zero attached hydrogens (tertiary/aromatic N) is 2. The number of hydrogen-bond acceptors (Lipinski definition) is 4. The van der Waals surface area contributed by atoms with Gasteiger partial charge in [-0.2, -0.15) is 0 Å². The molecule has 8 heteroatoms. The van der Waals surface area contributed by atoms with Crippen LogP contribution < -0.4 is 10.6 Å². The van der Waals surface area contributed by atoms with Gasteiger partial charge >= 0.3 is 0 Å². The SMILES string of the molecule is CN(C)C(=O)c1ccc(NC(=O)c2ccc(C(=O)Nc3ccc(C(=O)N(C)C)cc3)cc2)cc1. The quantitative estimate of drug-likeness (QED) is 0.590. The summed E-state index contributed by atoms with van der Waals surface area (Å²) in [4.78, 5) is 51.9. The predicted molar refractivity (Wildman–Crippen MR) is 131 cm³/mol. The topological polar surface area (TPSA) is 98.8 Å². The number of hydrogen-bond donors (Lipinski definition) is 2. The van der Waals surface area contributed by atoms with Gasteiger partial charge in [0.1, 0.15) is 0 Å². The highest BCUT2D eigenvalue weighted by molar-refractivity contribution is 6.07. The van der Waals surface area contributed by atoms with Crippen LogP contribution in [0.25, 0.3) is 0 Å². The van der Waals surface area contributed by atoms with Gasteiger partial charge in [0.2, 0.25) is 0 Å². The van der Waals surface area contributed by atoms with Crippen LogP contribution in [0.15, 0.2) is 72.8 Å². The van der Waals surface area contributed by atoms with E-state index in [4.69, 9.17) is 0 Å². The molecule has 174 valence electrons. The first-order valence-electron chi connectivity index (χ1n) is 10.5. The molecule has 3 aromatic rings. The predicted octanol–water partition coefficient (Wildman–Crippen LogP) is 3.59. The van der Waals surface area contributed by atoms with E-state index in [0.29, 0.717) is 33.6 Å². The van der Waals surface area contributed by atoms with Crippen molar-refractivity contribution in [1.29, 1.82) is 0 Å². The van der Waals surface area contributed by atoms with Crippen molar-refractivity contribution in [3.8, 4) is 0 Å². The van der Waals surface area contributed by atoms with Crippen LogP contribution >= 0.6 is 0 Å². The molecule has 3 aromatic carbocycles. The van der Waals surface area contributed by atoms with E-state index in [1.165, 1.54) is 9.80 Å². The summed E-state index contributed by atoms with van der Waals surface area (Å²) in [7, 11) is 6.69. The highest BCUT2D eigenvalue weighted by Gasteiger charge is 2.12. The minimum Gasteiger partial charge on any atom is -0.345 e. The molecular formula is C26H26N4O4. The van der Waals surface area contributed by atoms with E-state index in [0.717, 1.165) is 0 Å². The molecule has 0 unspecified atom stereocenters. The molecule has 0 bridgehead atoms. The van der Waals surface area contributed by atoms with Crippen LogP contribution in [0, 0.1) is 0 Å². The maximum Gasteiger partial charge on any atom is 0.255 e. The number of rotatable bonds is 6. The molecule has 0 saturated heterocycles. The van der Waals surface area contributed by atoms with Crippen LogP contribution in [0.4, 0.5) is 11.4 Å². The normalized spacial score (nSPS) is 10.2. The van der Waals surface area contributed by atoms with Crippen molar-refractivity contribution >= 4 is 35.0 Å². The molecule has 0 spiro atoms. The van der Waals surface area contributed by atoms with Crippen LogP contribution in [-0.4, -0.2) is 61.6 Å². The van der Waals surface area contributed by atoms with Crippen molar-refractivity contribution in [3.05, 3.63) is 95.1 Å². The summed E-state index contributed by atoms with van der Waals surface area (Å²) >= 11 is 0. The first-order valence-corrected chi connectivity index (χ1v) is 10.5. The number of carbonyl (C=O) groups excluding carboxylic acids is 4. The molecule has 0 aromatic heterocycles. The largest absolute Gasteiger partial charge is 0.345 e. The Balaban J connectivity index is 1.60. The van der Waals surface area contributed by atoms with Gasteiger partial charge < -0.3 is 20.4 Å². The van der Waals surface area contributed by atoms with E-state index < -0.39 is 0 Å². The van der Waals surface area contributed by atoms with Crippen molar-refractivity contribution in [1.82, 2.24) is 9.80 Å². The molecule has 0 saturated carbocycles. The first-order chi connectivity index (χ1) is 16.2. The number of amides is 4. The van der Waals surface area contributed by atoms with E-state index in [-0.39, 0.29) is 23.6 Å². The van der Waals surface area contributed by atoms with Gasteiger partial charge in [0.05, 0.1) is 0 Å². The van der Waals surface area contributed by atoms with Crippen molar-refractivity contribution in [2.24, 2.45) is 0 Å². The lowest BCUT2D eigenvalue weighted by Gasteiger charge is -2.11. The van der Waals surface area contributed by atoms with Crippen molar-refractivity contribution in [3.63, 3.8) is 0 Å². The Hall–Kier alpha value is -4.46. The Morgan fingerprint density at radius 2 is 0.735 bits per heavy atom. The monoisotopic (exact) mass is 458 g/mol. The molecule has 4 amide bonds. The molecule has 0 fully saturated rings. The Kier molecular flexibility index (Phi) is 7.43. The first kappa shape index (κ1) is 24.2. The molecule has 0 aliphatic carbocycles. The van der Waals surface area contributed by atoms with Crippen LogP contribution in [0.1, 0.15) is 41.4 Å². The smallest absolute Gasteiger partial charge is 0.255 e. The van der Waals surface area contributed by atoms with E-state index in [2.05, 4.69) is 10.6 Å². The van der Waals surface area contributed by atoms with Gasteiger partial charge in [0, 0.05) is 61.8 Å². The molecule has 0 atom stereocenters. The Morgan fingerprint density at radius 3 is 1.00 bits per heavy atom. The summed E-state index contributed by atoms with van der Waals surface area (Å²) in [6.45, 7) is 0. The molecule has 0 heterocycles. The molecule has 2 N–H and O–H groups in total. The minimum absolute atomic E-state index is 0.121. The third kappa shape index (κ3) is 5.86. The second-order valence-corrected chi connectivity index (χ2v) is 8.04. The lowest BCUT2D eigenvalue weighted by molar-refractivity contribution is 0.0820. The number of nitrogens with one attached hydrogen (secondary N) is 2. The number of benzene rings is 3. The van der Waals surface area contributed by atoms with E-state index in [9.17, 15) is 19.2 Å². The summed E-state index contributed by atoms with van der Waals surface area (Å²) in [6.07, 6.45) is 0. The lowest BCUT2D eigenvalue weighted by atomic mass is 10.1. The summed E-state index contributed by atoms with van der Waals surface area (Å²) in [5.74, 6) is -0.908. The van der Waals surface area contributed by atoms with Gasteiger partial charge in [-0.3, -0.25) is 19.2 Å². The van der Waals surface area contributed by atoms with Crippen molar-refractivity contribution in [2.45, 2.75) is 0 Å². The summed E-state index contributed by atoms with van der Waals surface area (Å²) < 4.78 is 0. The fraction of sp³-hybridized carbons (Fsp3) is 0.154. The average molecular weight is 459 g/mol. The zero-order valence-corrected chi connectivity index (χ0v) is 19.5.